The monoisotopic (exact) mass is 382 g/mol. The molecule has 0 amide bonds. The molecule has 1 aromatic carbocycles. The number of halogens is 4. The molecule has 3 heterocycles. The Balaban J connectivity index is 1.50. The van der Waals surface area contributed by atoms with Crippen LogP contribution in [0.15, 0.2) is 30.6 Å². The average Bonchev–Trinajstić information content (AvgIpc) is 3.04. The van der Waals surface area contributed by atoms with Gasteiger partial charge in [-0.15, -0.1) is 0 Å². The molecule has 0 saturated carbocycles. The molecule has 0 bridgehead atoms. The van der Waals surface area contributed by atoms with Crippen molar-refractivity contribution in [1.29, 1.82) is 0 Å². The maximum absolute atomic E-state index is 12.8. The highest BCUT2D eigenvalue weighted by Gasteiger charge is 2.31. The summed E-state index contributed by atoms with van der Waals surface area (Å²) < 4.78 is 38.5. The van der Waals surface area contributed by atoms with Crippen molar-refractivity contribution in [3.63, 3.8) is 0 Å². The number of alkyl halides is 3. The molecule has 0 aliphatic carbocycles. The molecule has 0 radical (unpaired) electrons. The Hall–Kier alpha value is -2.55. The summed E-state index contributed by atoms with van der Waals surface area (Å²) in [6, 6.07) is 3.52. The van der Waals surface area contributed by atoms with E-state index in [1.807, 2.05) is 4.90 Å². The Morgan fingerprint density at radius 1 is 1.00 bits per heavy atom. The molecule has 3 aromatic rings. The second-order valence-electron chi connectivity index (χ2n) is 5.96. The van der Waals surface area contributed by atoms with Crippen molar-refractivity contribution in [3.8, 4) is 0 Å². The number of piperazine rings is 1. The summed E-state index contributed by atoms with van der Waals surface area (Å²) in [6.45, 7) is 2.67. The predicted octanol–water partition coefficient (Wildman–Crippen LogP) is 3.35. The quantitative estimate of drug-likeness (QED) is 0.736. The molecular weight excluding hydrogens is 369 g/mol. The van der Waals surface area contributed by atoms with Crippen molar-refractivity contribution in [2.45, 2.75) is 6.18 Å². The van der Waals surface area contributed by atoms with Crippen molar-refractivity contribution in [2.75, 3.05) is 36.0 Å². The topological polar surface area (TPSA) is 60.9 Å². The summed E-state index contributed by atoms with van der Waals surface area (Å²) in [7, 11) is 0. The van der Waals surface area contributed by atoms with Gasteiger partial charge in [0.2, 0.25) is 5.95 Å². The molecule has 1 aliphatic heterocycles. The molecular formula is C16H14ClF3N6. The fourth-order valence-electron chi connectivity index (χ4n) is 2.95. The Labute approximate surface area is 151 Å². The van der Waals surface area contributed by atoms with E-state index in [-0.39, 0.29) is 0 Å². The van der Waals surface area contributed by atoms with Crippen LogP contribution in [0.4, 0.5) is 24.9 Å². The number of H-pyrrole nitrogens is 1. The van der Waals surface area contributed by atoms with Crippen LogP contribution in [0, 0.1) is 0 Å². The van der Waals surface area contributed by atoms with E-state index < -0.39 is 11.7 Å². The first-order chi connectivity index (χ1) is 12.4. The molecule has 4 rings (SSSR count). The highest BCUT2D eigenvalue weighted by molar-refractivity contribution is 6.29. The van der Waals surface area contributed by atoms with E-state index in [1.165, 1.54) is 12.3 Å². The first kappa shape index (κ1) is 16.9. The number of benzene rings is 1. The van der Waals surface area contributed by atoms with E-state index in [0.29, 0.717) is 54.1 Å². The number of rotatable bonds is 2. The highest BCUT2D eigenvalue weighted by atomic mass is 35.5. The van der Waals surface area contributed by atoms with Crippen LogP contribution in [0.25, 0.3) is 11.0 Å². The third-order valence-electron chi connectivity index (χ3n) is 4.29. The molecule has 1 fully saturated rings. The lowest BCUT2D eigenvalue weighted by Crippen LogP contribution is -2.47. The number of hydrogen-bond acceptors (Lipinski definition) is 5. The highest BCUT2D eigenvalue weighted by Crippen LogP contribution is 2.31. The number of imidazole rings is 1. The van der Waals surface area contributed by atoms with Gasteiger partial charge in [0.05, 0.1) is 29.0 Å². The van der Waals surface area contributed by atoms with E-state index in [4.69, 9.17) is 11.6 Å². The Morgan fingerprint density at radius 2 is 1.73 bits per heavy atom. The molecule has 0 unspecified atom stereocenters. The van der Waals surface area contributed by atoms with Gasteiger partial charge in [-0.3, -0.25) is 4.98 Å². The third kappa shape index (κ3) is 3.26. The van der Waals surface area contributed by atoms with Crippen LogP contribution >= 0.6 is 11.6 Å². The number of anilines is 2. The minimum Gasteiger partial charge on any atom is -0.352 e. The van der Waals surface area contributed by atoms with Crippen molar-refractivity contribution in [3.05, 3.63) is 41.3 Å². The van der Waals surface area contributed by atoms with Crippen molar-refractivity contribution in [1.82, 2.24) is 19.9 Å². The molecule has 26 heavy (non-hydrogen) atoms. The maximum Gasteiger partial charge on any atom is 0.416 e. The van der Waals surface area contributed by atoms with E-state index in [0.717, 1.165) is 12.1 Å². The van der Waals surface area contributed by atoms with Gasteiger partial charge in [0, 0.05) is 26.2 Å². The molecule has 2 aromatic heterocycles. The van der Waals surface area contributed by atoms with Crippen LogP contribution in [0.2, 0.25) is 5.15 Å². The molecule has 6 nitrogen and oxygen atoms in total. The summed E-state index contributed by atoms with van der Waals surface area (Å²) >= 11 is 5.87. The second kappa shape index (κ2) is 6.31. The van der Waals surface area contributed by atoms with Gasteiger partial charge in [0.25, 0.3) is 0 Å². The van der Waals surface area contributed by atoms with E-state index in [1.54, 1.807) is 6.20 Å². The standard InChI is InChI=1S/C16H14ClF3N6/c17-13-8-21-9-14(24-13)25-3-5-26(6-4-25)15-22-11-2-1-10(16(18,19)20)7-12(11)23-15/h1-2,7-9H,3-6H2,(H,22,23). The van der Waals surface area contributed by atoms with Gasteiger partial charge in [-0.2, -0.15) is 13.2 Å². The largest absolute Gasteiger partial charge is 0.416 e. The molecule has 136 valence electrons. The smallest absolute Gasteiger partial charge is 0.352 e. The van der Waals surface area contributed by atoms with Crippen LogP contribution in [0.3, 0.4) is 0 Å². The number of nitrogens with one attached hydrogen (secondary N) is 1. The van der Waals surface area contributed by atoms with E-state index >= 15 is 0 Å². The minimum atomic E-state index is -4.37. The van der Waals surface area contributed by atoms with Crippen molar-refractivity contribution in [2.24, 2.45) is 0 Å². The number of aromatic amines is 1. The normalized spacial score (nSPS) is 15.7. The number of fused-ring (bicyclic) bond motifs is 1. The maximum atomic E-state index is 12.8. The molecule has 1 N–H and O–H groups in total. The lowest BCUT2D eigenvalue weighted by atomic mass is 10.2. The van der Waals surface area contributed by atoms with Gasteiger partial charge in [0.1, 0.15) is 11.0 Å². The lowest BCUT2D eigenvalue weighted by molar-refractivity contribution is -0.137. The van der Waals surface area contributed by atoms with E-state index in [9.17, 15) is 13.2 Å². The van der Waals surface area contributed by atoms with Crippen LogP contribution in [-0.2, 0) is 6.18 Å². The van der Waals surface area contributed by atoms with Gasteiger partial charge >= 0.3 is 6.18 Å². The predicted molar refractivity (Wildman–Crippen MR) is 92.6 cm³/mol. The van der Waals surface area contributed by atoms with Crippen molar-refractivity contribution < 1.29 is 13.2 Å². The number of nitrogens with zero attached hydrogens (tertiary/aromatic N) is 5. The van der Waals surface area contributed by atoms with Crippen molar-refractivity contribution >= 4 is 34.4 Å². The summed E-state index contributed by atoms with van der Waals surface area (Å²) in [6.07, 6.45) is -1.24. The van der Waals surface area contributed by atoms with E-state index in [2.05, 4.69) is 24.8 Å². The first-order valence-electron chi connectivity index (χ1n) is 7.94. The molecule has 10 heteroatoms. The van der Waals surface area contributed by atoms with Crippen LogP contribution < -0.4 is 9.80 Å². The van der Waals surface area contributed by atoms with Gasteiger partial charge in [-0.25, -0.2) is 9.97 Å². The zero-order chi connectivity index (χ0) is 18.3. The van der Waals surface area contributed by atoms with Crippen LogP contribution in [0.1, 0.15) is 5.56 Å². The minimum absolute atomic E-state index is 0.336. The fourth-order valence-corrected chi connectivity index (χ4v) is 3.10. The summed E-state index contributed by atoms with van der Waals surface area (Å²) in [5.74, 6) is 1.27. The Kier molecular flexibility index (Phi) is 4.10. The number of hydrogen-bond donors (Lipinski definition) is 1. The Morgan fingerprint density at radius 3 is 2.42 bits per heavy atom. The van der Waals surface area contributed by atoms with Gasteiger partial charge in [-0.05, 0) is 18.2 Å². The SMILES string of the molecule is FC(F)(F)c1ccc2nc(N3CCN(c4cncc(Cl)n4)CC3)[nH]c2c1. The molecule has 1 aliphatic rings. The van der Waals surface area contributed by atoms with Crippen LogP contribution in [0.5, 0.6) is 0 Å². The average molecular weight is 383 g/mol. The molecule has 0 spiro atoms. The molecule has 1 saturated heterocycles. The zero-order valence-electron chi connectivity index (χ0n) is 13.5. The molecule has 0 atom stereocenters. The van der Waals surface area contributed by atoms with Gasteiger partial charge < -0.3 is 14.8 Å². The lowest BCUT2D eigenvalue weighted by Gasteiger charge is -2.35. The van der Waals surface area contributed by atoms with Gasteiger partial charge in [-0.1, -0.05) is 11.6 Å². The van der Waals surface area contributed by atoms with Gasteiger partial charge in [0.15, 0.2) is 0 Å². The third-order valence-corrected chi connectivity index (χ3v) is 4.47. The fraction of sp³-hybridized carbons (Fsp3) is 0.312. The Bertz CT molecular complexity index is 933. The zero-order valence-corrected chi connectivity index (χ0v) is 14.2. The summed E-state index contributed by atoms with van der Waals surface area (Å²) in [5, 5.41) is 0.336. The second-order valence-corrected chi connectivity index (χ2v) is 6.35. The summed E-state index contributed by atoms with van der Waals surface area (Å²) in [4.78, 5) is 19.7. The van der Waals surface area contributed by atoms with Crippen LogP contribution in [-0.4, -0.2) is 46.1 Å². The number of aromatic nitrogens is 4. The summed E-state index contributed by atoms with van der Waals surface area (Å²) in [5.41, 5.74) is 0.193. The first-order valence-corrected chi connectivity index (χ1v) is 8.32.